The number of benzene rings is 2. The fraction of sp³-hybridized carbons (Fsp3) is 0.333. The van der Waals surface area contributed by atoms with Crippen molar-refractivity contribution in [2.45, 2.75) is 38.6 Å². The van der Waals surface area contributed by atoms with Gasteiger partial charge in [-0.2, -0.15) is 0 Å². The van der Waals surface area contributed by atoms with Gasteiger partial charge in [0.05, 0.1) is 0 Å². The van der Waals surface area contributed by atoms with Crippen molar-refractivity contribution < 1.29 is 4.79 Å². The van der Waals surface area contributed by atoms with E-state index in [1.807, 2.05) is 18.3 Å². The van der Waals surface area contributed by atoms with Gasteiger partial charge in [0.2, 0.25) is 5.91 Å². The Labute approximate surface area is 219 Å². The normalized spacial score (nSPS) is 14.5. The Kier molecular flexibility index (Phi) is 8.79. The molecule has 0 aliphatic carbocycles. The monoisotopic (exact) mass is 502 g/mol. The fourth-order valence-electron chi connectivity index (χ4n) is 5.24. The highest BCUT2D eigenvalue weighted by Gasteiger charge is 2.23. The number of halogens is 1. The van der Waals surface area contributed by atoms with Crippen molar-refractivity contribution in [3.8, 4) is 0 Å². The van der Waals surface area contributed by atoms with Gasteiger partial charge in [0.15, 0.2) is 0 Å². The molecule has 36 heavy (non-hydrogen) atoms. The summed E-state index contributed by atoms with van der Waals surface area (Å²) in [4.78, 5) is 20.3. The molecule has 5 rings (SSSR count). The van der Waals surface area contributed by atoms with Crippen LogP contribution in [0.3, 0.4) is 0 Å². The lowest BCUT2D eigenvalue weighted by molar-refractivity contribution is -0.121. The smallest absolute Gasteiger partial charge is 0.220 e. The van der Waals surface area contributed by atoms with Crippen molar-refractivity contribution in [3.05, 3.63) is 101 Å². The first-order valence-electron chi connectivity index (χ1n) is 12.7. The average Bonchev–Trinajstić information content (AvgIpc) is 3.52. The molecule has 1 saturated heterocycles. The van der Waals surface area contributed by atoms with Crippen molar-refractivity contribution in [3.63, 3.8) is 0 Å². The van der Waals surface area contributed by atoms with E-state index < -0.39 is 0 Å². The van der Waals surface area contributed by atoms with Gasteiger partial charge in [-0.3, -0.25) is 4.79 Å². The molecule has 0 bridgehead atoms. The summed E-state index contributed by atoms with van der Waals surface area (Å²) in [6.07, 6.45) is 7.01. The van der Waals surface area contributed by atoms with E-state index in [4.69, 9.17) is 4.98 Å². The molecule has 1 aliphatic rings. The molecule has 3 heterocycles. The molecular formula is C30H35ClN4O. The largest absolute Gasteiger partial charge is 0.355 e. The number of fused-ring (bicyclic) bond motifs is 1. The molecule has 1 aliphatic heterocycles. The molecule has 0 radical (unpaired) electrons. The first-order valence-corrected chi connectivity index (χ1v) is 12.7. The molecule has 1 unspecified atom stereocenters. The number of carbonyl (C=O) groups is 1. The van der Waals surface area contributed by atoms with Crippen molar-refractivity contribution >= 4 is 29.3 Å². The van der Waals surface area contributed by atoms with Crippen molar-refractivity contribution in [2.24, 2.45) is 0 Å². The van der Waals surface area contributed by atoms with Gasteiger partial charge in [-0.25, -0.2) is 4.98 Å². The van der Waals surface area contributed by atoms with Crippen LogP contribution in [-0.2, 0) is 11.3 Å². The number of hydrogen-bond acceptors (Lipinski definition) is 3. The Morgan fingerprint density at radius 1 is 1.03 bits per heavy atom. The molecule has 6 heteroatoms. The van der Waals surface area contributed by atoms with Gasteiger partial charge in [-0.05, 0) is 61.7 Å². The van der Waals surface area contributed by atoms with Crippen LogP contribution >= 0.6 is 12.4 Å². The number of carbonyl (C=O) groups excluding carboxylic acids is 1. The molecule has 0 spiro atoms. The van der Waals surface area contributed by atoms with E-state index in [-0.39, 0.29) is 24.2 Å². The number of aryl methyl sites for hydroxylation is 1. The van der Waals surface area contributed by atoms with E-state index in [9.17, 15) is 4.79 Å². The van der Waals surface area contributed by atoms with Crippen molar-refractivity contribution in [1.29, 1.82) is 0 Å². The van der Waals surface area contributed by atoms with Gasteiger partial charge in [0.1, 0.15) is 5.65 Å². The number of amides is 1. The van der Waals surface area contributed by atoms with E-state index in [1.54, 1.807) is 0 Å². The van der Waals surface area contributed by atoms with Crippen LogP contribution < -0.4 is 5.32 Å². The zero-order valence-corrected chi connectivity index (χ0v) is 21.7. The summed E-state index contributed by atoms with van der Waals surface area (Å²) in [5.41, 5.74) is 5.71. The molecule has 2 aromatic carbocycles. The Bertz CT molecular complexity index is 1280. The lowest BCUT2D eigenvalue weighted by Crippen LogP contribution is -2.34. The van der Waals surface area contributed by atoms with Crippen LogP contribution in [0.15, 0.2) is 79.1 Å². The van der Waals surface area contributed by atoms with Gasteiger partial charge in [0, 0.05) is 49.8 Å². The zero-order chi connectivity index (χ0) is 24.0. The van der Waals surface area contributed by atoms with Gasteiger partial charge in [0.25, 0.3) is 0 Å². The summed E-state index contributed by atoms with van der Waals surface area (Å²) in [6.45, 7) is 6.79. The minimum atomic E-state index is -0.0367. The molecule has 2 aromatic heterocycles. The van der Waals surface area contributed by atoms with Crippen LogP contribution in [0.5, 0.6) is 0 Å². The standard InChI is InChI=1S/C30H34N4O.ClH/c1-23-9-7-12-25(19-23)27(20-29(35)31-15-18-33-16-5-6-17-33)28-22-34(21-24-10-3-2-4-11-24)30-26(28)13-8-14-32-30;/h2-4,7-14,19,22,27H,5-6,15-18,20-21H2,1H3,(H,31,35);1H. The minimum absolute atomic E-state index is 0. The molecule has 1 N–H and O–H groups in total. The number of aromatic nitrogens is 2. The van der Waals surface area contributed by atoms with Gasteiger partial charge in [-0.15, -0.1) is 12.4 Å². The van der Waals surface area contributed by atoms with E-state index in [0.717, 1.165) is 42.8 Å². The first-order chi connectivity index (χ1) is 17.2. The molecular weight excluding hydrogens is 468 g/mol. The Morgan fingerprint density at radius 2 is 1.83 bits per heavy atom. The van der Waals surface area contributed by atoms with E-state index in [2.05, 4.69) is 82.5 Å². The average molecular weight is 503 g/mol. The molecule has 4 aromatic rings. The fourth-order valence-corrected chi connectivity index (χ4v) is 5.24. The summed E-state index contributed by atoms with van der Waals surface area (Å²) < 4.78 is 2.22. The zero-order valence-electron chi connectivity index (χ0n) is 20.9. The van der Waals surface area contributed by atoms with Crippen molar-refractivity contribution in [1.82, 2.24) is 19.8 Å². The maximum absolute atomic E-state index is 13.1. The number of hydrogen-bond donors (Lipinski definition) is 1. The van der Waals surface area contributed by atoms with Crippen LogP contribution in [0.25, 0.3) is 11.0 Å². The first kappa shape index (κ1) is 25.9. The van der Waals surface area contributed by atoms with E-state index in [1.165, 1.54) is 29.5 Å². The maximum Gasteiger partial charge on any atom is 0.220 e. The minimum Gasteiger partial charge on any atom is -0.355 e. The summed E-state index contributed by atoms with van der Waals surface area (Å²) in [7, 11) is 0. The van der Waals surface area contributed by atoms with Crippen LogP contribution in [-0.4, -0.2) is 46.5 Å². The highest BCUT2D eigenvalue weighted by Crippen LogP contribution is 2.34. The second-order valence-corrected chi connectivity index (χ2v) is 9.64. The topological polar surface area (TPSA) is 50.2 Å². The summed E-state index contributed by atoms with van der Waals surface area (Å²) in [5, 5.41) is 4.30. The number of nitrogens with one attached hydrogen (secondary N) is 1. The SMILES string of the molecule is Cc1cccc(C(CC(=O)NCCN2CCCC2)c2cn(Cc3ccccc3)c3ncccc23)c1.Cl. The van der Waals surface area contributed by atoms with E-state index >= 15 is 0 Å². The second-order valence-electron chi connectivity index (χ2n) is 9.64. The Morgan fingerprint density at radius 3 is 2.61 bits per heavy atom. The summed E-state index contributed by atoms with van der Waals surface area (Å²) in [6, 6.07) is 23.1. The highest BCUT2D eigenvalue weighted by molar-refractivity contribution is 5.85. The van der Waals surface area contributed by atoms with Gasteiger partial charge >= 0.3 is 0 Å². The lowest BCUT2D eigenvalue weighted by atomic mass is 9.87. The van der Waals surface area contributed by atoms with Gasteiger partial charge < -0.3 is 14.8 Å². The maximum atomic E-state index is 13.1. The summed E-state index contributed by atoms with van der Waals surface area (Å²) in [5.74, 6) is 0.0639. The highest BCUT2D eigenvalue weighted by atomic mass is 35.5. The molecule has 0 saturated carbocycles. The number of pyridine rings is 1. The number of nitrogens with zero attached hydrogens (tertiary/aromatic N) is 3. The quantitative estimate of drug-likeness (QED) is 0.326. The van der Waals surface area contributed by atoms with E-state index in [0.29, 0.717) is 13.0 Å². The molecule has 188 valence electrons. The van der Waals surface area contributed by atoms with Gasteiger partial charge in [-0.1, -0.05) is 60.2 Å². The number of likely N-dealkylation sites (tertiary alicyclic amines) is 1. The molecule has 1 amide bonds. The summed E-state index contributed by atoms with van der Waals surface area (Å²) >= 11 is 0. The Balaban J connectivity index is 0.00000304. The molecule has 1 fully saturated rings. The second kappa shape index (κ2) is 12.2. The third kappa shape index (κ3) is 6.15. The van der Waals surface area contributed by atoms with Crippen LogP contribution in [0.1, 0.15) is 47.4 Å². The van der Waals surface area contributed by atoms with Crippen LogP contribution in [0.2, 0.25) is 0 Å². The Hall–Kier alpha value is -3.15. The third-order valence-electron chi connectivity index (χ3n) is 7.02. The predicted octanol–water partition coefficient (Wildman–Crippen LogP) is 5.55. The van der Waals surface area contributed by atoms with Crippen LogP contribution in [0, 0.1) is 6.92 Å². The third-order valence-corrected chi connectivity index (χ3v) is 7.02. The lowest BCUT2D eigenvalue weighted by Gasteiger charge is -2.19. The van der Waals surface area contributed by atoms with Crippen molar-refractivity contribution in [2.75, 3.05) is 26.2 Å². The number of rotatable bonds is 9. The molecule has 1 atom stereocenters. The predicted molar refractivity (Wildman–Crippen MR) is 149 cm³/mol. The van der Waals surface area contributed by atoms with Crippen LogP contribution in [0.4, 0.5) is 0 Å². The molecule has 5 nitrogen and oxygen atoms in total.